The molecule has 22 heavy (non-hydrogen) atoms. The van der Waals surface area contributed by atoms with Gasteiger partial charge in [0.15, 0.2) is 0 Å². The summed E-state index contributed by atoms with van der Waals surface area (Å²) >= 11 is 0. The summed E-state index contributed by atoms with van der Waals surface area (Å²) in [5, 5.41) is 0. The minimum Gasteiger partial charge on any atom is -0.336 e. The Bertz CT molecular complexity index is 635. The van der Waals surface area contributed by atoms with Crippen LogP contribution in [0.1, 0.15) is 24.2 Å². The van der Waals surface area contributed by atoms with Crippen LogP contribution < -0.4 is 4.72 Å². The summed E-state index contributed by atoms with van der Waals surface area (Å²) in [5.74, 6) is -0.116. The van der Waals surface area contributed by atoms with Gasteiger partial charge >= 0.3 is 0 Å². The molecule has 1 N–H and O–H groups in total. The molecule has 1 aromatic rings. The molecule has 1 heterocycles. The maximum Gasteiger partial charge on any atom is 0.253 e. The number of carbonyl (C=O) groups excluding carboxylic acids is 1. The standard InChI is InChI=1S/C15H23N3O3S/c1-12(2)16-22(20,21)14-6-4-5-13(11-14)15(19)18-9-7-17(3)8-10-18/h4-6,11-12,16H,7-10H2,1-3H3. The van der Waals surface area contributed by atoms with Gasteiger partial charge in [-0.25, -0.2) is 13.1 Å². The van der Waals surface area contributed by atoms with Crippen LogP contribution in [0.5, 0.6) is 0 Å². The van der Waals surface area contributed by atoms with Crippen LogP contribution in [0.4, 0.5) is 0 Å². The zero-order chi connectivity index (χ0) is 16.3. The van der Waals surface area contributed by atoms with Crippen LogP contribution in [0.3, 0.4) is 0 Å². The van der Waals surface area contributed by atoms with Crippen molar-refractivity contribution < 1.29 is 13.2 Å². The van der Waals surface area contributed by atoms with Crippen LogP contribution >= 0.6 is 0 Å². The topological polar surface area (TPSA) is 69.7 Å². The summed E-state index contributed by atoms with van der Waals surface area (Å²) in [6, 6.07) is 6.03. The largest absolute Gasteiger partial charge is 0.336 e. The van der Waals surface area contributed by atoms with Crippen molar-refractivity contribution in [2.45, 2.75) is 24.8 Å². The van der Waals surface area contributed by atoms with Crippen LogP contribution in [0.15, 0.2) is 29.2 Å². The lowest BCUT2D eigenvalue weighted by Crippen LogP contribution is -2.47. The molecule has 1 saturated heterocycles. The van der Waals surface area contributed by atoms with Gasteiger partial charge in [-0.1, -0.05) is 6.07 Å². The second kappa shape index (κ2) is 6.76. The fourth-order valence-electron chi connectivity index (χ4n) is 2.37. The van der Waals surface area contributed by atoms with Crippen molar-refractivity contribution in [1.29, 1.82) is 0 Å². The van der Waals surface area contributed by atoms with Gasteiger partial charge in [0.25, 0.3) is 5.91 Å². The highest BCUT2D eigenvalue weighted by Gasteiger charge is 2.22. The van der Waals surface area contributed by atoms with Crippen molar-refractivity contribution in [3.63, 3.8) is 0 Å². The monoisotopic (exact) mass is 325 g/mol. The predicted octanol–water partition coefficient (Wildman–Crippen LogP) is 0.761. The van der Waals surface area contributed by atoms with Crippen molar-refractivity contribution >= 4 is 15.9 Å². The van der Waals surface area contributed by atoms with Crippen molar-refractivity contribution in [3.05, 3.63) is 29.8 Å². The summed E-state index contributed by atoms with van der Waals surface area (Å²) in [5.41, 5.74) is 0.413. The van der Waals surface area contributed by atoms with Gasteiger partial charge in [0.1, 0.15) is 0 Å². The molecule has 0 spiro atoms. The first-order valence-electron chi connectivity index (χ1n) is 7.40. The highest BCUT2D eigenvalue weighted by atomic mass is 32.2. The Balaban J connectivity index is 2.19. The highest BCUT2D eigenvalue weighted by molar-refractivity contribution is 7.89. The molecule has 0 radical (unpaired) electrons. The first kappa shape index (κ1) is 16.9. The van der Waals surface area contributed by atoms with E-state index in [-0.39, 0.29) is 16.8 Å². The molecule has 0 saturated carbocycles. The first-order valence-corrected chi connectivity index (χ1v) is 8.88. The van der Waals surface area contributed by atoms with E-state index in [0.717, 1.165) is 13.1 Å². The van der Waals surface area contributed by atoms with Crippen molar-refractivity contribution in [2.75, 3.05) is 33.2 Å². The molecule has 1 amide bonds. The van der Waals surface area contributed by atoms with E-state index in [1.807, 2.05) is 7.05 Å². The third-order valence-corrected chi connectivity index (χ3v) is 5.23. The van der Waals surface area contributed by atoms with Gasteiger partial charge in [0.05, 0.1) is 4.90 Å². The number of sulfonamides is 1. The van der Waals surface area contributed by atoms with Crippen molar-refractivity contribution in [3.8, 4) is 0 Å². The van der Waals surface area contributed by atoms with E-state index in [9.17, 15) is 13.2 Å². The minimum atomic E-state index is -3.58. The Kier molecular flexibility index (Phi) is 5.20. The minimum absolute atomic E-state index is 0.116. The average Bonchev–Trinajstić information content (AvgIpc) is 2.46. The molecular weight excluding hydrogens is 302 g/mol. The molecular formula is C15H23N3O3S. The molecule has 7 heteroatoms. The van der Waals surface area contributed by atoms with Gasteiger partial charge in [-0.3, -0.25) is 4.79 Å². The van der Waals surface area contributed by atoms with Gasteiger partial charge in [0.2, 0.25) is 10.0 Å². The van der Waals surface area contributed by atoms with Crippen molar-refractivity contribution in [1.82, 2.24) is 14.5 Å². The second-order valence-electron chi connectivity index (χ2n) is 5.90. The lowest BCUT2D eigenvalue weighted by molar-refractivity contribution is 0.0664. The Hall–Kier alpha value is -1.44. The number of hydrogen-bond donors (Lipinski definition) is 1. The Morgan fingerprint density at radius 2 is 1.82 bits per heavy atom. The molecule has 1 aliphatic heterocycles. The Morgan fingerprint density at radius 3 is 2.41 bits per heavy atom. The fraction of sp³-hybridized carbons (Fsp3) is 0.533. The molecule has 0 bridgehead atoms. The molecule has 6 nitrogen and oxygen atoms in total. The molecule has 0 atom stereocenters. The number of nitrogens with one attached hydrogen (secondary N) is 1. The summed E-state index contributed by atoms with van der Waals surface area (Å²) in [6.07, 6.45) is 0. The maximum atomic E-state index is 12.5. The first-order chi connectivity index (χ1) is 10.3. The van der Waals surface area contributed by atoms with Crippen LogP contribution in [0.25, 0.3) is 0 Å². The zero-order valence-electron chi connectivity index (χ0n) is 13.2. The van der Waals surface area contributed by atoms with E-state index in [1.54, 1.807) is 30.9 Å². The molecule has 122 valence electrons. The number of hydrogen-bond acceptors (Lipinski definition) is 4. The highest BCUT2D eigenvalue weighted by Crippen LogP contribution is 2.15. The molecule has 2 rings (SSSR count). The third-order valence-electron chi connectivity index (χ3n) is 3.57. The molecule has 1 aliphatic rings. The summed E-state index contributed by atoms with van der Waals surface area (Å²) in [7, 11) is -1.56. The molecule has 0 aromatic heterocycles. The average molecular weight is 325 g/mol. The number of rotatable bonds is 4. The zero-order valence-corrected chi connectivity index (χ0v) is 14.1. The van der Waals surface area contributed by atoms with Gasteiger partial charge in [-0.15, -0.1) is 0 Å². The van der Waals surface area contributed by atoms with E-state index in [4.69, 9.17) is 0 Å². The Labute approximate surface area is 132 Å². The fourth-order valence-corrected chi connectivity index (χ4v) is 3.66. The number of likely N-dealkylation sites (N-methyl/N-ethyl adjacent to an activating group) is 1. The number of benzene rings is 1. The lowest BCUT2D eigenvalue weighted by atomic mass is 10.2. The molecule has 0 unspecified atom stereocenters. The summed E-state index contributed by atoms with van der Waals surface area (Å²) < 4.78 is 26.9. The quantitative estimate of drug-likeness (QED) is 0.887. The normalized spacial score (nSPS) is 17.0. The summed E-state index contributed by atoms with van der Waals surface area (Å²) in [6.45, 7) is 6.51. The predicted molar refractivity (Wildman–Crippen MR) is 85.3 cm³/mol. The van der Waals surface area contributed by atoms with Crippen molar-refractivity contribution in [2.24, 2.45) is 0 Å². The number of nitrogens with zero attached hydrogens (tertiary/aromatic N) is 2. The van der Waals surface area contributed by atoms with Gasteiger partial charge < -0.3 is 9.80 Å². The Morgan fingerprint density at radius 1 is 1.18 bits per heavy atom. The third kappa shape index (κ3) is 4.06. The SMILES string of the molecule is CC(C)NS(=O)(=O)c1cccc(C(=O)N2CCN(C)CC2)c1. The lowest BCUT2D eigenvalue weighted by Gasteiger charge is -2.32. The van der Waals surface area contributed by atoms with Crippen LogP contribution in [-0.2, 0) is 10.0 Å². The van der Waals surface area contributed by atoms with E-state index >= 15 is 0 Å². The maximum absolute atomic E-state index is 12.5. The molecule has 1 fully saturated rings. The van der Waals surface area contributed by atoms with E-state index in [0.29, 0.717) is 18.7 Å². The number of piperazine rings is 1. The smallest absolute Gasteiger partial charge is 0.253 e. The van der Waals surface area contributed by atoms with Crippen LogP contribution in [0, 0.1) is 0 Å². The van der Waals surface area contributed by atoms with Crippen LogP contribution in [-0.4, -0.2) is 63.4 Å². The molecule has 0 aliphatic carbocycles. The van der Waals surface area contributed by atoms with Gasteiger partial charge in [0, 0.05) is 37.8 Å². The van der Waals surface area contributed by atoms with E-state index in [1.165, 1.54) is 12.1 Å². The van der Waals surface area contributed by atoms with E-state index < -0.39 is 10.0 Å². The van der Waals surface area contributed by atoms with E-state index in [2.05, 4.69) is 9.62 Å². The van der Waals surface area contributed by atoms with Gasteiger partial charge in [-0.2, -0.15) is 0 Å². The summed E-state index contributed by atoms with van der Waals surface area (Å²) in [4.78, 5) is 16.6. The molecule has 1 aromatic carbocycles. The number of amides is 1. The van der Waals surface area contributed by atoms with Crippen LogP contribution in [0.2, 0.25) is 0 Å². The number of carbonyl (C=O) groups is 1. The van der Waals surface area contributed by atoms with Gasteiger partial charge in [-0.05, 0) is 39.1 Å². The second-order valence-corrected chi connectivity index (χ2v) is 7.61.